The molecule has 2 heteroatoms. The van der Waals surface area contributed by atoms with Crippen molar-refractivity contribution in [3.8, 4) is 0 Å². The summed E-state index contributed by atoms with van der Waals surface area (Å²) in [5.74, 6) is 0. The maximum atomic E-state index is 12.1. The fourth-order valence-electron chi connectivity index (χ4n) is 7.23. The van der Waals surface area contributed by atoms with Crippen molar-refractivity contribution in [3.05, 3.63) is 60.8 Å². The van der Waals surface area contributed by atoms with Gasteiger partial charge in [-0.3, -0.25) is 0 Å². The minimum Gasteiger partial charge on any atom is -0.388 e. The van der Waals surface area contributed by atoms with Gasteiger partial charge in [-0.25, -0.2) is 0 Å². The van der Waals surface area contributed by atoms with Gasteiger partial charge in [-0.15, -0.1) is 0 Å². The van der Waals surface area contributed by atoms with E-state index in [4.69, 9.17) is 0 Å². The molecular formula is C32H52O2. The molecule has 0 radical (unpaired) electrons. The van der Waals surface area contributed by atoms with Crippen molar-refractivity contribution in [1.82, 2.24) is 0 Å². The van der Waals surface area contributed by atoms with Crippen molar-refractivity contribution >= 4 is 0 Å². The molecule has 2 rings (SSSR count). The van der Waals surface area contributed by atoms with Crippen LogP contribution in [0.15, 0.2) is 60.8 Å². The van der Waals surface area contributed by atoms with E-state index in [9.17, 15) is 10.2 Å². The van der Waals surface area contributed by atoms with Gasteiger partial charge in [-0.2, -0.15) is 0 Å². The Hall–Kier alpha value is -1.38. The van der Waals surface area contributed by atoms with Crippen molar-refractivity contribution in [2.24, 2.45) is 21.7 Å². The molecule has 0 aromatic rings. The molecule has 2 nitrogen and oxygen atoms in total. The number of hydrogen-bond donors (Lipinski definition) is 2. The molecular weight excluding hydrogens is 416 g/mol. The topological polar surface area (TPSA) is 40.5 Å². The fraction of sp³-hybridized carbons (Fsp3) is 0.688. The van der Waals surface area contributed by atoms with Crippen LogP contribution in [0.2, 0.25) is 0 Å². The number of allylic oxidation sites excluding steroid dienone is 2. The largest absolute Gasteiger partial charge is 0.388 e. The summed E-state index contributed by atoms with van der Waals surface area (Å²) in [4.78, 5) is 0. The first-order valence-corrected chi connectivity index (χ1v) is 13.1. The Labute approximate surface area is 210 Å². The molecule has 0 spiro atoms. The Kier molecular flexibility index (Phi) is 7.85. The predicted molar refractivity (Wildman–Crippen MR) is 148 cm³/mol. The lowest BCUT2D eigenvalue weighted by Gasteiger charge is -2.49. The lowest BCUT2D eigenvalue weighted by Crippen LogP contribution is -2.52. The lowest BCUT2D eigenvalue weighted by molar-refractivity contribution is -0.101. The SMILES string of the molecule is C=C(C)[C@]1(C)CC[C@](C)(C(=C)C)C1(O)CC/C=C/CCC1(O)[C@](C)(C(=C)C)CC[C@]1(C)C(=C)C. The molecule has 0 aromatic carbocycles. The first-order valence-electron chi connectivity index (χ1n) is 13.1. The molecule has 192 valence electrons. The van der Waals surface area contributed by atoms with Crippen LogP contribution < -0.4 is 0 Å². The van der Waals surface area contributed by atoms with E-state index in [1.807, 2.05) is 27.7 Å². The van der Waals surface area contributed by atoms with E-state index in [2.05, 4.69) is 66.2 Å². The average Bonchev–Trinajstić information content (AvgIpc) is 3.09. The van der Waals surface area contributed by atoms with Gasteiger partial charge in [0.1, 0.15) is 0 Å². The standard InChI is InChI=1S/C32H52O2/c1-23(2)27(9)19-20-28(10,24(3)4)31(27,33)17-15-13-14-16-18-32(34)29(11,25(5)6)21-22-30(32,12)26(7)8/h13-14,33-34H,1,3,5,7,15-22H2,2,4,6,8-12H3/b14-13+/t27-,28+,29-,30+,31?,32?. The van der Waals surface area contributed by atoms with Gasteiger partial charge in [0.2, 0.25) is 0 Å². The summed E-state index contributed by atoms with van der Waals surface area (Å²) >= 11 is 0. The molecule has 0 bridgehead atoms. The zero-order chi connectivity index (χ0) is 26.4. The van der Waals surface area contributed by atoms with Crippen LogP contribution in [0.3, 0.4) is 0 Å². The minimum atomic E-state index is -0.872. The zero-order valence-corrected chi connectivity index (χ0v) is 23.5. The van der Waals surface area contributed by atoms with Gasteiger partial charge in [0.15, 0.2) is 0 Å². The number of hydrogen-bond acceptors (Lipinski definition) is 2. The summed E-state index contributed by atoms with van der Waals surface area (Å²) in [6.07, 6.45) is 11.0. The average molecular weight is 469 g/mol. The normalized spacial score (nSPS) is 42.3. The Balaban J connectivity index is 2.17. The quantitative estimate of drug-likeness (QED) is 0.316. The molecule has 0 amide bonds. The highest BCUT2D eigenvalue weighted by atomic mass is 16.3. The summed E-state index contributed by atoms with van der Waals surface area (Å²) in [5.41, 5.74) is 1.17. The summed E-state index contributed by atoms with van der Waals surface area (Å²) in [6.45, 7) is 33.8. The fourth-order valence-corrected chi connectivity index (χ4v) is 7.23. The Morgan fingerprint density at radius 1 is 0.559 bits per heavy atom. The van der Waals surface area contributed by atoms with Crippen LogP contribution in [0, 0.1) is 21.7 Å². The maximum Gasteiger partial charge on any atom is 0.0830 e. The van der Waals surface area contributed by atoms with Crippen molar-refractivity contribution in [3.63, 3.8) is 0 Å². The van der Waals surface area contributed by atoms with Crippen LogP contribution in [0.5, 0.6) is 0 Å². The molecule has 0 aliphatic heterocycles. The van der Waals surface area contributed by atoms with Gasteiger partial charge < -0.3 is 10.2 Å². The van der Waals surface area contributed by atoms with E-state index in [0.29, 0.717) is 12.8 Å². The molecule has 0 aromatic heterocycles. The summed E-state index contributed by atoms with van der Waals surface area (Å²) in [7, 11) is 0. The van der Waals surface area contributed by atoms with Crippen LogP contribution in [0.1, 0.15) is 107 Å². The highest BCUT2D eigenvalue weighted by Crippen LogP contribution is 2.65. The number of rotatable bonds is 10. The number of aliphatic hydroxyl groups is 2. The molecule has 0 heterocycles. The highest BCUT2D eigenvalue weighted by molar-refractivity contribution is 5.31. The molecule has 2 saturated carbocycles. The third kappa shape index (κ3) is 3.84. The van der Waals surface area contributed by atoms with E-state index < -0.39 is 11.2 Å². The summed E-state index contributed by atoms with van der Waals surface area (Å²) < 4.78 is 0. The van der Waals surface area contributed by atoms with Crippen LogP contribution >= 0.6 is 0 Å². The van der Waals surface area contributed by atoms with Gasteiger partial charge in [0.25, 0.3) is 0 Å². The van der Waals surface area contributed by atoms with Crippen molar-refractivity contribution < 1.29 is 10.2 Å². The van der Waals surface area contributed by atoms with Crippen LogP contribution in [0.25, 0.3) is 0 Å². The van der Waals surface area contributed by atoms with E-state index >= 15 is 0 Å². The second-order valence-corrected chi connectivity index (χ2v) is 12.7. The Morgan fingerprint density at radius 2 is 0.765 bits per heavy atom. The monoisotopic (exact) mass is 468 g/mol. The van der Waals surface area contributed by atoms with Crippen molar-refractivity contribution in [2.45, 2.75) is 118 Å². The molecule has 2 aliphatic carbocycles. The highest BCUT2D eigenvalue weighted by Gasteiger charge is 2.64. The first kappa shape index (κ1) is 28.9. The zero-order valence-electron chi connectivity index (χ0n) is 23.5. The second kappa shape index (κ2) is 9.25. The molecule has 0 saturated heterocycles. The Bertz CT molecular complexity index is 763. The molecule has 2 aliphatic rings. The predicted octanol–water partition coefficient (Wildman–Crippen LogP) is 8.48. The van der Waals surface area contributed by atoms with E-state index in [1.165, 1.54) is 0 Å². The third-order valence-corrected chi connectivity index (χ3v) is 11.2. The molecule has 34 heavy (non-hydrogen) atoms. The second-order valence-electron chi connectivity index (χ2n) is 12.7. The Morgan fingerprint density at radius 3 is 0.941 bits per heavy atom. The maximum absolute atomic E-state index is 12.1. The van der Waals surface area contributed by atoms with Crippen molar-refractivity contribution in [2.75, 3.05) is 0 Å². The minimum absolute atomic E-state index is 0.319. The van der Waals surface area contributed by atoms with Crippen LogP contribution in [-0.4, -0.2) is 21.4 Å². The third-order valence-electron chi connectivity index (χ3n) is 11.2. The van der Waals surface area contributed by atoms with Gasteiger partial charge in [0.05, 0.1) is 11.2 Å². The van der Waals surface area contributed by atoms with Crippen molar-refractivity contribution in [1.29, 1.82) is 0 Å². The van der Waals surface area contributed by atoms with Gasteiger partial charge >= 0.3 is 0 Å². The lowest BCUT2D eigenvalue weighted by atomic mass is 9.59. The summed E-state index contributed by atoms with van der Waals surface area (Å²) in [5, 5.41) is 24.2. The van der Waals surface area contributed by atoms with Gasteiger partial charge in [0, 0.05) is 21.7 Å². The van der Waals surface area contributed by atoms with Gasteiger partial charge in [-0.05, 0) is 79.1 Å². The molecule has 2 fully saturated rings. The van der Waals surface area contributed by atoms with E-state index in [-0.39, 0.29) is 21.7 Å². The van der Waals surface area contributed by atoms with Crippen LogP contribution in [0.4, 0.5) is 0 Å². The first-order chi connectivity index (χ1) is 15.4. The van der Waals surface area contributed by atoms with Crippen LogP contribution in [-0.2, 0) is 0 Å². The molecule has 2 N–H and O–H groups in total. The van der Waals surface area contributed by atoms with E-state index in [0.717, 1.165) is 60.8 Å². The smallest absolute Gasteiger partial charge is 0.0830 e. The summed E-state index contributed by atoms with van der Waals surface area (Å²) in [6, 6.07) is 0. The molecule has 2 unspecified atom stereocenters. The van der Waals surface area contributed by atoms with E-state index in [1.54, 1.807) is 0 Å². The van der Waals surface area contributed by atoms with Gasteiger partial charge in [-0.1, -0.05) is 88.5 Å². The molecule has 6 atom stereocenters.